The summed E-state index contributed by atoms with van der Waals surface area (Å²) in [4.78, 5) is 4.58. The summed E-state index contributed by atoms with van der Waals surface area (Å²) in [6.45, 7) is 0.820. The van der Waals surface area contributed by atoms with Crippen molar-refractivity contribution in [2.45, 2.75) is 25.4 Å². The van der Waals surface area contributed by atoms with Crippen molar-refractivity contribution in [3.63, 3.8) is 0 Å². The van der Waals surface area contributed by atoms with E-state index in [0.29, 0.717) is 6.04 Å². The van der Waals surface area contributed by atoms with Crippen LogP contribution in [0.4, 0.5) is 0 Å². The summed E-state index contributed by atoms with van der Waals surface area (Å²) in [5.74, 6) is 0.896. The minimum absolute atomic E-state index is 0.672. The Morgan fingerprint density at radius 1 is 1.24 bits per heavy atom. The molecule has 4 nitrogen and oxygen atoms in total. The number of hydrogen-bond donors (Lipinski definition) is 1. The van der Waals surface area contributed by atoms with Crippen LogP contribution in [-0.4, -0.2) is 20.8 Å². The quantitative estimate of drug-likeness (QED) is 0.789. The summed E-state index contributed by atoms with van der Waals surface area (Å²) in [5, 5.41) is 9.19. The number of rotatable bonds is 4. The number of aromatic nitrogens is 3. The molecule has 1 aromatic carbocycles. The van der Waals surface area contributed by atoms with Gasteiger partial charge in [0, 0.05) is 34.2 Å². The van der Waals surface area contributed by atoms with Gasteiger partial charge in [0.1, 0.15) is 0 Å². The van der Waals surface area contributed by atoms with Crippen molar-refractivity contribution in [2.75, 3.05) is 0 Å². The van der Waals surface area contributed by atoms with Gasteiger partial charge in [-0.25, -0.2) is 9.67 Å². The lowest BCUT2D eigenvalue weighted by Gasteiger charge is -2.11. The van der Waals surface area contributed by atoms with Crippen molar-refractivity contribution in [2.24, 2.45) is 0 Å². The van der Waals surface area contributed by atoms with Gasteiger partial charge < -0.3 is 5.32 Å². The highest BCUT2D eigenvalue weighted by Gasteiger charge is 2.21. The van der Waals surface area contributed by atoms with E-state index in [1.54, 1.807) is 0 Å². The molecule has 0 saturated heterocycles. The molecular formula is C16H15BrN4. The molecule has 0 atom stereocenters. The molecule has 4 rings (SSSR count). The monoisotopic (exact) mass is 342 g/mol. The highest BCUT2D eigenvalue weighted by molar-refractivity contribution is 9.10. The van der Waals surface area contributed by atoms with E-state index < -0.39 is 0 Å². The van der Waals surface area contributed by atoms with Crippen LogP contribution in [0.25, 0.3) is 16.7 Å². The lowest BCUT2D eigenvalue weighted by Crippen LogP contribution is -2.17. The smallest absolute Gasteiger partial charge is 0.158 e. The first-order chi connectivity index (χ1) is 10.3. The maximum Gasteiger partial charge on any atom is 0.158 e. The summed E-state index contributed by atoms with van der Waals surface area (Å²) in [5.41, 5.74) is 2.24. The maximum absolute atomic E-state index is 4.58. The van der Waals surface area contributed by atoms with Crippen LogP contribution < -0.4 is 5.32 Å². The highest BCUT2D eigenvalue weighted by atomic mass is 79.9. The molecule has 5 heteroatoms. The molecule has 2 heterocycles. The highest BCUT2D eigenvalue weighted by Crippen LogP contribution is 2.24. The normalized spacial score (nSPS) is 14.7. The zero-order valence-electron chi connectivity index (χ0n) is 11.5. The molecule has 0 spiro atoms. The summed E-state index contributed by atoms with van der Waals surface area (Å²) in [6.07, 6.45) is 6.27. The van der Waals surface area contributed by atoms with Crippen molar-refractivity contribution in [1.82, 2.24) is 20.1 Å². The average molecular weight is 343 g/mol. The minimum Gasteiger partial charge on any atom is -0.310 e. The lowest BCUT2D eigenvalue weighted by atomic mass is 10.2. The SMILES string of the molecule is Brc1cnc(-n2ncc3ccccc32)c(CNC2CC2)c1. The van der Waals surface area contributed by atoms with Gasteiger partial charge in [0.05, 0.1) is 11.7 Å². The van der Waals surface area contributed by atoms with Crippen LogP contribution in [0.5, 0.6) is 0 Å². The van der Waals surface area contributed by atoms with Crippen LogP contribution in [0, 0.1) is 0 Å². The molecule has 0 amide bonds. The third kappa shape index (κ3) is 2.59. The van der Waals surface area contributed by atoms with Gasteiger partial charge in [0.2, 0.25) is 0 Å². The van der Waals surface area contributed by atoms with Gasteiger partial charge in [0.25, 0.3) is 0 Å². The fraction of sp³-hybridized carbons (Fsp3) is 0.250. The molecular weight excluding hydrogens is 328 g/mol. The number of halogens is 1. The fourth-order valence-corrected chi connectivity index (χ4v) is 2.86. The predicted octanol–water partition coefficient (Wildman–Crippen LogP) is 3.44. The second kappa shape index (κ2) is 5.24. The summed E-state index contributed by atoms with van der Waals surface area (Å²) in [7, 11) is 0. The maximum atomic E-state index is 4.58. The van der Waals surface area contributed by atoms with Crippen LogP contribution in [0.1, 0.15) is 18.4 Å². The number of hydrogen-bond acceptors (Lipinski definition) is 3. The summed E-state index contributed by atoms with van der Waals surface area (Å²) < 4.78 is 2.92. The topological polar surface area (TPSA) is 42.7 Å². The number of nitrogens with one attached hydrogen (secondary N) is 1. The Morgan fingerprint density at radius 3 is 2.95 bits per heavy atom. The molecule has 1 saturated carbocycles. The van der Waals surface area contributed by atoms with Gasteiger partial charge in [-0.2, -0.15) is 5.10 Å². The zero-order valence-corrected chi connectivity index (χ0v) is 13.0. The Kier molecular flexibility index (Phi) is 3.24. The second-order valence-corrected chi connectivity index (χ2v) is 6.32. The Morgan fingerprint density at radius 2 is 2.10 bits per heavy atom. The standard InChI is InChI=1S/C16H15BrN4/c17-13-7-12(8-18-14-5-6-14)16(19-10-13)21-15-4-2-1-3-11(15)9-20-21/h1-4,7,9-10,14,18H,5-6,8H2. The Hall–Kier alpha value is -1.72. The van der Waals surface area contributed by atoms with E-state index >= 15 is 0 Å². The predicted molar refractivity (Wildman–Crippen MR) is 86.4 cm³/mol. The number of fused-ring (bicyclic) bond motifs is 1. The van der Waals surface area contributed by atoms with Crippen molar-refractivity contribution in [3.8, 4) is 5.82 Å². The largest absolute Gasteiger partial charge is 0.310 e. The molecule has 1 N–H and O–H groups in total. The van der Waals surface area contributed by atoms with Gasteiger partial charge in [-0.3, -0.25) is 0 Å². The Balaban J connectivity index is 1.79. The van der Waals surface area contributed by atoms with Crippen molar-refractivity contribution >= 4 is 26.8 Å². The number of benzene rings is 1. The van der Waals surface area contributed by atoms with E-state index in [1.807, 2.05) is 29.2 Å². The molecule has 0 radical (unpaired) electrons. The first kappa shape index (κ1) is 13.0. The summed E-state index contributed by atoms with van der Waals surface area (Å²) >= 11 is 3.51. The van der Waals surface area contributed by atoms with Crippen LogP contribution in [0.2, 0.25) is 0 Å². The lowest BCUT2D eigenvalue weighted by molar-refractivity contribution is 0.678. The molecule has 0 aliphatic heterocycles. The van der Waals surface area contributed by atoms with Crippen LogP contribution in [0.15, 0.2) is 47.2 Å². The first-order valence-electron chi connectivity index (χ1n) is 7.12. The number of para-hydroxylation sites is 1. The van der Waals surface area contributed by atoms with Crippen LogP contribution in [-0.2, 0) is 6.54 Å². The van der Waals surface area contributed by atoms with Gasteiger partial charge >= 0.3 is 0 Å². The van der Waals surface area contributed by atoms with E-state index in [2.05, 4.69) is 49.5 Å². The van der Waals surface area contributed by atoms with Crippen molar-refractivity contribution < 1.29 is 0 Å². The Bertz CT molecular complexity index is 792. The second-order valence-electron chi connectivity index (χ2n) is 5.41. The third-order valence-electron chi connectivity index (χ3n) is 3.75. The van der Waals surface area contributed by atoms with E-state index in [4.69, 9.17) is 0 Å². The molecule has 1 aliphatic carbocycles. The molecule has 106 valence electrons. The van der Waals surface area contributed by atoms with E-state index in [0.717, 1.165) is 33.3 Å². The number of nitrogens with zero attached hydrogens (tertiary/aromatic N) is 3. The zero-order chi connectivity index (χ0) is 14.2. The number of pyridine rings is 1. The molecule has 21 heavy (non-hydrogen) atoms. The molecule has 1 aliphatic rings. The van der Waals surface area contributed by atoms with Crippen molar-refractivity contribution in [3.05, 3.63) is 52.8 Å². The molecule has 2 aromatic heterocycles. The van der Waals surface area contributed by atoms with E-state index in [1.165, 1.54) is 12.8 Å². The van der Waals surface area contributed by atoms with Gasteiger partial charge in [-0.05, 0) is 40.9 Å². The van der Waals surface area contributed by atoms with Crippen molar-refractivity contribution in [1.29, 1.82) is 0 Å². The van der Waals surface area contributed by atoms with E-state index in [-0.39, 0.29) is 0 Å². The van der Waals surface area contributed by atoms with Crippen LogP contribution in [0.3, 0.4) is 0 Å². The van der Waals surface area contributed by atoms with Crippen LogP contribution >= 0.6 is 15.9 Å². The third-order valence-corrected chi connectivity index (χ3v) is 4.18. The molecule has 1 fully saturated rings. The minimum atomic E-state index is 0.672. The first-order valence-corrected chi connectivity index (χ1v) is 7.91. The molecule has 3 aromatic rings. The average Bonchev–Trinajstić information content (AvgIpc) is 3.24. The molecule has 0 unspecified atom stereocenters. The van der Waals surface area contributed by atoms with Gasteiger partial charge in [0.15, 0.2) is 5.82 Å². The van der Waals surface area contributed by atoms with Gasteiger partial charge in [-0.15, -0.1) is 0 Å². The molecule has 0 bridgehead atoms. The Labute approximate surface area is 131 Å². The summed E-state index contributed by atoms with van der Waals surface area (Å²) in [6, 6.07) is 11.0. The van der Waals surface area contributed by atoms with Gasteiger partial charge in [-0.1, -0.05) is 18.2 Å². The fourth-order valence-electron chi connectivity index (χ4n) is 2.48. The van der Waals surface area contributed by atoms with E-state index in [9.17, 15) is 0 Å².